The van der Waals surface area contributed by atoms with Crippen LogP contribution in [0.3, 0.4) is 0 Å². The predicted octanol–water partition coefficient (Wildman–Crippen LogP) is 3.28. The summed E-state index contributed by atoms with van der Waals surface area (Å²) >= 11 is 0. The van der Waals surface area contributed by atoms with Crippen molar-refractivity contribution in [3.05, 3.63) is 35.4 Å². The molecule has 0 bridgehead atoms. The van der Waals surface area contributed by atoms with Crippen LogP contribution in [-0.4, -0.2) is 23.3 Å². The molecule has 0 spiro atoms. The van der Waals surface area contributed by atoms with Crippen LogP contribution in [0.1, 0.15) is 38.8 Å². The molecule has 0 fully saturated rings. The Morgan fingerprint density at radius 3 is 1.88 bits per heavy atom. The van der Waals surface area contributed by atoms with Crippen LogP contribution in [0.5, 0.6) is 0 Å². The maximum Gasteiger partial charge on any atom is 0.300 e. The molecule has 0 saturated carbocycles. The number of aliphatic hydroxyl groups is 1. The predicted molar refractivity (Wildman–Crippen MR) is 73.4 cm³/mol. The normalized spacial score (nSPS) is 7.24. The van der Waals surface area contributed by atoms with Crippen molar-refractivity contribution in [1.82, 2.24) is 0 Å². The Balaban J connectivity index is -0.000000208. The Morgan fingerprint density at radius 2 is 1.65 bits per heavy atom. The molecule has 0 atom stereocenters. The van der Waals surface area contributed by atoms with E-state index in [0.29, 0.717) is 0 Å². The van der Waals surface area contributed by atoms with Gasteiger partial charge in [0.2, 0.25) is 0 Å². The molecule has 0 saturated heterocycles. The van der Waals surface area contributed by atoms with E-state index in [-0.39, 0.29) is 0 Å². The van der Waals surface area contributed by atoms with Gasteiger partial charge in [-0.25, -0.2) is 0 Å². The van der Waals surface area contributed by atoms with Crippen LogP contribution in [0.4, 0.5) is 0 Å². The van der Waals surface area contributed by atoms with E-state index < -0.39 is 5.97 Å². The van der Waals surface area contributed by atoms with Gasteiger partial charge in [0.15, 0.2) is 0 Å². The lowest BCUT2D eigenvalue weighted by atomic mass is 10.1. The van der Waals surface area contributed by atoms with Gasteiger partial charge in [-0.1, -0.05) is 50.6 Å². The average molecular weight is 242 g/mol. The number of aliphatic hydroxyl groups excluding tert-OH is 1. The van der Waals surface area contributed by atoms with Crippen molar-refractivity contribution in [3.63, 3.8) is 0 Å². The summed E-state index contributed by atoms with van der Waals surface area (Å²) in [5.41, 5.74) is 2.78. The summed E-state index contributed by atoms with van der Waals surface area (Å²) < 4.78 is 0. The molecule has 1 aromatic rings. The highest BCUT2D eigenvalue weighted by molar-refractivity contribution is 5.62. The summed E-state index contributed by atoms with van der Waals surface area (Å²) in [6.45, 7) is 9.38. The highest BCUT2D eigenvalue weighted by Gasteiger charge is 1.85. The molecule has 0 amide bonds. The molecular formula is C14H26O3. The Hall–Kier alpha value is -1.35. The number of carbonyl (C=O) groups is 1. The van der Waals surface area contributed by atoms with Crippen molar-refractivity contribution in [2.45, 2.75) is 41.0 Å². The highest BCUT2D eigenvalue weighted by Crippen LogP contribution is 2.03. The summed E-state index contributed by atoms with van der Waals surface area (Å²) in [4.78, 5) is 9.00. The molecule has 1 aromatic carbocycles. The fourth-order valence-corrected chi connectivity index (χ4v) is 0.932. The van der Waals surface area contributed by atoms with Gasteiger partial charge < -0.3 is 10.2 Å². The number of carboxylic acids is 1. The van der Waals surface area contributed by atoms with E-state index in [1.807, 2.05) is 13.8 Å². The maximum absolute atomic E-state index is 9.00. The number of rotatable bonds is 1. The van der Waals surface area contributed by atoms with Crippen molar-refractivity contribution >= 4 is 5.97 Å². The standard InChI is InChI=1S/C9H12.C2H4O2.C2H6.CH4O/c1-3-9-6-4-5-8(2)7-9;1-2(3)4;2*1-2/h4-7H,3H2,1-2H3;1H3,(H,3,4);1-2H3;2H,1H3. The second-order valence-corrected chi connectivity index (χ2v) is 2.86. The molecule has 0 heterocycles. The SMILES string of the molecule is CC.CC(=O)O.CCc1cccc(C)c1.CO. The van der Waals surface area contributed by atoms with Gasteiger partial charge in [-0.15, -0.1) is 0 Å². The fraction of sp³-hybridized carbons (Fsp3) is 0.500. The molecule has 0 aromatic heterocycles. The molecule has 0 aliphatic carbocycles. The van der Waals surface area contributed by atoms with Crippen molar-refractivity contribution < 1.29 is 15.0 Å². The first-order chi connectivity index (χ1) is 8.06. The minimum Gasteiger partial charge on any atom is -0.481 e. The topological polar surface area (TPSA) is 57.5 Å². The van der Waals surface area contributed by atoms with Crippen LogP contribution < -0.4 is 0 Å². The molecule has 3 nitrogen and oxygen atoms in total. The smallest absolute Gasteiger partial charge is 0.300 e. The summed E-state index contributed by atoms with van der Waals surface area (Å²) in [6, 6.07) is 8.61. The van der Waals surface area contributed by atoms with E-state index in [0.717, 1.165) is 20.5 Å². The van der Waals surface area contributed by atoms with Gasteiger partial charge in [0, 0.05) is 14.0 Å². The molecule has 0 aliphatic rings. The number of benzene rings is 1. The number of hydrogen-bond acceptors (Lipinski definition) is 2. The molecule has 1 rings (SSSR count). The minimum atomic E-state index is -0.833. The van der Waals surface area contributed by atoms with Crippen molar-refractivity contribution in [3.8, 4) is 0 Å². The minimum absolute atomic E-state index is 0.833. The van der Waals surface area contributed by atoms with Crippen molar-refractivity contribution in [2.24, 2.45) is 0 Å². The van der Waals surface area contributed by atoms with E-state index in [1.165, 1.54) is 11.1 Å². The first-order valence-electron chi connectivity index (χ1n) is 5.76. The third-order valence-electron chi connectivity index (χ3n) is 1.49. The van der Waals surface area contributed by atoms with Gasteiger partial charge >= 0.3 is 0 Å². The first-order valence-corrected chi connectivity index (χ1v) is 5.76. The monoisotopic (exact) mass is 242 g/mol. The zero-order chi connectivity index (χ0) is 14.3. The van der Waals surface area contributed by atoms with Crippen LogP contribution in [-0.2, 0) is 11.2 Å². The third kappa shape index (κ3) is 20.7. The Labute approximate surface area is 105 Å². The third-order valence-corrected chi connectivity index (χ3v) is 1.49. The Kier molecular flexibility index (Phi) is 21.1. The number of hydrogen-bond donors (Lipinski definition) is 2. The van der Waals surface area contributed by atoms with E-state index >= 15 is 0 Å². The zero-order valence-electron chi connectivity index (χ0n) is 11.8. The number of aryl methyl sites for hydroxylation is 2. The second-order valence-electron chi connectivity index (χ2n) is 2.86. The lowest BCUT2D eigenvalue weighted by Crippen LogP contribution is -1.78. The molecule has 0 radical (unpaired) electrons. The number of aliphatic carboxylic acids is 1. The van der Waals surface area contributed by atoms with E-state index in [1.54, 1.807) is 0 Å². The van der Waals surface area contributed by atoms with Gasteiger partial charge in [-0.05, 0) is 18.9 Å². The molecular weight excluding hydrogens is 216 g/mol. The molecule has 100 valence electrons. The van der Waals surface area contributed by atoms with Crippen LogP contribution in [0, 0.1) is 6.92 Å². The fourth-order valence-electron chi connectivity index (χ4n) is 0.932. The van der Waals surface area contributed by atoms with Gasteiger partial charge in [0.25, 0.3) is 5.97 Å². The van der Waals surface area contributed by atoms with Gasteiger partial charge in [0.1, 0.15) is 0 Å². The maximum atomic E-state index is 9.00. The van der Waals surface area contributed by atoms with E-state index in [2.05, 4.69) is 38.1 Å². The van der Waals surface area contributed by atoms with Crippen LogP contribution in [0.15, 0.2) is 24.3 Å². The van der Waals surface area contributed by atoms with Gasteiger partial charge in [-0.2, -0.15) is 0 Å². The van der Waals surface area contributed by atoms with Gasteiger partial charge in [0.05, 0.1) is 0 Å². The summed E-state index contributed by atoms with van der Waals surface area (Å²) in [5, 5.41) is 14.4. The van der Waals surface area contributed by atoms with Gasteiger partial charge in [-0.3, -0.25) is 4.79 Å². The van der Waals surface area contributed by atoms with E-state index in [4.69, 9.17) is 15.0 Å². The lowest BCUT2D eigenvalue weighted by molar-refractivity contribution is -0.134. The highest BCUT2D eigenvalue weighted by atomic mass is 16.4. The van der Waals surface area contributed by atoms with Crippen molar-refractivity contribution in [2.75, 3.05) is 7.11 Å². The largest absolute Gasteiger partial charge is 0.481 e. The lowest BCUT2D eigenvalue weighted by Gasteiger charge is -1.95. The summed E-state index contributed by atoms with van der Waals surface area (Å²) in [5.74, 6) is -0.833. The van der Waals surface area contributed by atoms with Crippen LogP contribution >= 0.6 is 0 Å². The van der Waals surface area contributed by atoms with Crippen molar-refractivity contribution in [1.29, 1.82) is 0 Å². The second kappa shape index (κ2) is 17.1. The Bertz CT molecular complexity index is 266. The molecule has 0 aliphatic heterocycles. The molecule has 2 N–H and O–H groups in total. The molecule has 17 heavy (non-hydrogen) atoms. The number of carboxylic acid groups (broad SMARTS) is 1. The average Bonchev–Trinajstić information content (AvgIpc) is 2.33. The first kappa shape index (κ1) is 21.0. The molecule has 0 unspecified atom stereocenters. The Morgan fingerprint density at radius 1 is 1.24 bits per heavy atom. The quantitative estimate of drug-likeness (QED) is 0.794. The summed E-state index contributed by atoms with van der Waals surface area (Å²) in [6.07, 6.45) is 1.14. The molecule has 3 heteroatoms. The van der Waals surface area contributed by atoms with Crippen LogP contribution in [0.25, 0.3) is 0 Å². The van der Waals surface area contributed by atoms with Crippen LogP contribution in [0.2, 0.25) is 0 Å². The van der Waals surface area contributed by atoms with E-state index in [9.17, 15) is 0 Å². The summed E-state index contributed by atoms with van der Waals surface area (Å²) in [7, 11) is 1.00. The zero-order valence-corrected chi connectivity index (χ0v) is 11.8.